The van der Waals surface area contributed by atoms with Crippen molar-refractivity contribution in [2.24, 2.45) is 11.8 Å². The Hall–Kier alpha value is -1.39. The molecule has 2 aliphatic rings. The van der Waals surface area contributed by atoms with Gasteiger partial charge in [0.25, 0.3) is 0 Å². The SMILES string of the molecule is CC(C)[C@H](NC(=O)CC1CCCCC1)c1nc(C2CC2)no1. The summed E-state index contributed by atoms with van der Waals surface area (Å²) < 4.78 is 5.40. The fourth-order valence-electron chi connectivity index (χ4n) is 3.28. The minimum atomic E-state index is -0.170. The van der Waals surface area contributed by atoms with Crippen LogP contribution in [0.2, 0.25) is 0 Å². The summed E-state index contributed by atoms with van der Waals surface area (Å²) in [4.78, 5) is 16.9. The lowest BCUT2D eigenvalue weighted by Crippen LogP contribution is -2.33. The number of rotatable bonds is 6. The Balaban J connectivity index is 1.59. The summed E-state index contributed by atoms with van der Waals surface area (Å²) in [6.07, 6.45) is 9.16. The van der Waals surface area contributed by atoms with E-state index in [-0.39, 0.29) is 17.9 Å². The molecule has 2 saturated carbocycles. The van der Waals surface area contributed by atoms with Gasteiger partial charge < -0.3 is 9.84 Å². The summed E-state index contributed by atoms with van der Waals surface area (Å²) in [5.41, 5.74) is 0. The van der Waals surface area contributed by atoms with Crippen molar-refractivity contribution in [2.45, 2.75) is 77.2 Å². The summed E-state index contributed by atoms with van der Waals surface area (Å²) in [6.45, 7) is 4.15. The Labute approximate surface area is 132 Å². The molecule has 1 heterocycles. The second kappa shape index (κ2) is 6.80. The molecular weight excluding hydrogens is 278 g/mol. The number of aromatic nitrogens is 2. The van der Waals surface area contributed by atoms with Crippen molar-refractivity contribution in [3.8, 4) is 0 Å². The van der Waals surface area contributed by atoms with Crippen molar-refractivity contribution in [1.29, 1.82) is 0 Å². The van der Waals surface area contributed by atoms with Crippen LogP contribution in [0.5, 0.6) is 0 Å². The molecule has 0 spiro atoms. The molecule has 1 N–H and O–H groups in total. The van der Waals surface area contributed by atoms with E-state index >= 15 is 0 Å². The van der Waals surface area contributed by atoms with E-state index in [1.54, 1.807) is 0 Å². The summed E-state index contributed by atoms with van der Waals surface area (Å²) in [7, 11) is 0. The average Bonchev–Trinajstić information content (AvgIpc) is 3.24. The van der Waals surface area contributed by atoms with E-state index < -0.39 is 0 Å². The molecule has 0 radical (unpaired) electrons. The number of amides is 1. The van der Waals surface area contributed by atoms with Crippen LogP contribution in [-0.4, -0.2) is 16.0 Å². The Morgan fingerprint density at radius 3 is 2.59 bits per heavy atom. The van der Waals surface area contributed by atoms with E-state index in [2.05, 4.69) is 29.3 Å². The van der Waals surface area contributed by atoms with Crippen LogP contribution in [0.15, 0.2) is 4.52 Å². The van der Waals surface area contributed by atoms with Gasteiger partial charge in [0, 0.05) is 12.3 Å². The lowest BCUT2D eigenvalue weighted by molar-refractivity contribution is -0.123. The molecule has 5 nitrogen and oxygen atoms in total. The summed E-state index contributed by atoms with van der Waals surface area (Å²) in [5.74, 6) is 2.75. The molecule has 1 aromatic rings. The first-order valence-electron chi connectivity index (χ1n) is 8.76. The van der Waals surface area contributed by atoms with Crippen LogP contribution >= 0.6 is 0 Å². The van der Waals surface area contributed by atoms with Crippen LogP contribution in [0.1, 0.15) is 88.9 Å². The number of nitrogens with zero attached hydrogens (tertiary/aromatic N) is 2. The molecule has 0 aliphatic heterocycles. The van der Waals surface area contributed by atoms with Gasteiger partial charge in [-0.3, -0.25) is 4.79 Å². The van der Waals surface area contributed by atoms with Crippen LogP contribution in [0.4, 0.5) is 0 Å². The molecule has 122 valence electrons. The molecule has 1 aromatic heterocycles. The van der Waals surface area contributed by atoms with E-state index in [1.165, 1.54) is 32.1 Å². The Bertz CT molecular complexity index is 502. The number of carbonyl (C=O) groups is 1. The highest BCUT2D eigenvalue weighted by atomic mass is 16.5. The molecule has 2 aliphatic carbocycles. The predicted molar refractivity (Wildman–Crippen MR) is 83.2 cm³/mol. The highest BCUT2D eigenvalue weighted by Gasteiger charge is 2.31. The first-order chi connectivity index (χ1) is 10.6. The third-order valence-electron chi connectivity index (χ3n) is 4.85. The van der Waals surface area contributed by atoms with Crippen LogP contribution < -0.4 is 5.32 Å². The highest BCUT2D eigenvalue weighted by Crippen LogP contribution is 2.38. The summed E-state index contributed by atoms with van der Waals surface area (Å²) >= 11 is 0. The minimum Gasteiger partial charge on any atom is -0.344 e. The second-order valence-corrected chi connectivity index (χ2v) is 7.26. The Kier molecular flexibility index (Phi) is 4.79. The maximum Gasteiger partial charge on any atom is 0.249 e. The van der Waals surface area contributed by atoms with E-state index in [4.69, 9.17) is 4.52 Å². The number of hydrogen-bond donors (Lipinski definition) is 1. The van der Waals surface area contributed by atoms with Crippen molar-refractivity contribution < 1.29 is 9.32 Å². The molecular formula is C17H27N3O2. The maximum atomic E-state index is 12.4. The maximum absolute atomic E-state index is 12.4. The lowest BCUT2D eigenvalue weighted by Gasteiger charge is -2.23. The summed E-state index contributed by atoms with van der Waals surface area (Å²) in [6, 6.07) is -0.170. The van der Waals surface area contributed by atoms with Crippen molar-refractivity contribution in [3.63, 3.8) is 0 Å². The Morgan fingerprint density at radius 1 is 1.23 bits per heavy atom. The first-order valence-corrected chi connectivity index (χ1v) is 8.76. The lowest BCUT2D eigenvalue weighted by atomic mass is 9.86. The number of hydrogen-bond acceptors (Lipinski definition) is 4. The highest BCUT2D eigenvalue weighted by molar-refractivity contribution is 5.76. The van der Waals surface area contributed by atoms with E-state index in [0.717, 1.165) is 18.7 Å². The molecule has 0 aromatic carbocycles. The van der Waals surface area contributed by atoms with Crippen LogP contribution in [0.3, 0.4) is 0 Å². The van der Waals surface area contributed by atoms with Crippen molar-refractivity contribution in [1.82, 2.24) is 15.5 Å². The molecule has 0 saturated heterocycles. The average molecular weight is 305 g/mol. The second-order valence-electron chi connectivity index (χ2n) is 7.26. The van der Waals surface area contributed by atoms with Gasteiger partial charge in [0.2, 0.25) is 11.8 Å². The third kappa shape index (κ3) is 3.87. The fraction of sp³-hybridized carbons (Fsp3) is 0.824. The smallest absolute Gasteiger partial charge is 0.249 e. The van der Waals surface area contributed by atoms with Gasteiger partial charge in [0.1, 0.15) is 6.04 Å². The van der Waals surface area contributed by atoms with Crippen molar-refractivity contribution in [2.75, 3.05) is 0 Å². The van der Waals surface area contributed by atoms with Gasteiger partial charge in [-0.2, -0.15) is 4.98 Å². The monoisotopic (exact) mass is 305 g/mol. The van der Waals surface area contributed by atoms with Gasteiger partial charge in [-0.25, -0.2) is 0 Å². The van der Waals surface area contributed by atoms with Crippen molar-refractivity contribution in [3.05, 3.63) is 11.7 Å². The normalized spacial score (nSPS) is 21.0. The molecule has 5 heteroatoms. The predicted octanol–water partition coefficient (Wildman–Crippen LogP) is 3.73. The van der Waals surface area contributed by atoms with E-state index in [1.807, 2.05) is 0 Å². The molecule has 1 atom stereocenters. The third-order valence-corrected chi connectivity index (χ3v) is 4.85. The van der Waals surface area contributed by atoms with Crippen LogP contribution in [0, 0.1) is 11.8 Å². The zero-order valence-electron chi connectivity index (χ0n) is 13.7. The van der Waals surface area contributed by atoms with Gasteiger partial charge >= 0.3 is 0 Å². The van der Waals surface area contributed by atoms with Crippen LogP contribution in [0.25, 0.3) is 0 Å². The van der Waals surface area contributed by atoms with Gasteiger partial charge in [0.05, 0.1) is 0 Å². The van der Waals surface area contributed by atoms with Gasteiger partial charge in [0.15, 0.2) is 5.82 Å². The molecule has 1 amide bonds. The zero-order chi connectivity index (χ0) is 15.5. The molecule has 3 rings (SSSR count). The fourth-order valence-corrected chi connectivity index (χ4v) is 3.28. The van der Waals surface area contributed by atoms with Gasteiger partial charge in [-0.05, 0) is 37.5 Å². The first kappa shape index (κ1) is 15.5. The van der Waals surface area contributed by atoms with Crippen LogP contribution in [-0.2, 0) is 4.79 Å². The standard InChI is InChI=1S/C17H27N3O2/c1-11(2)15(17-19-16(20-22-17)13-8-9-13)18-14(21)10-12-6-4-3-5-7-12/h11-13,15H,3-10H2,1-2H3,(H,18,21)/t15-/m0/s1. The molecule has 22 heavy (non-hydrogen) atoms. The quantitative estimate of drug-likeness (QED) is 0.869. The number of carbonyl (C=O) groups excluding carboxylic acids is 1. The molecule has 0 unspecified atom stereocenters. The molecule has 0 bridgehead atoms. The Morgan fingerprint density at radius 2 is 1.95 bits per heavy atom. The van der Waals surface area contributed by atoms with Gasteiger partial charge in [-0.1, -0.05) is 38.3 Å². The zero-order valence-corrected chi connectivity index (χ0v) is 13.7. The summed E-state index contributed by atoms with van der Waals surface area (Å²) in [5, 5.41) is 7.18. The minimum absolute atomic E-state index is 0.122. The van der Waals surface area contributed by atoms with E-state index in [9.17, 15) is 4.79 Å². The van der Waals surface area contributed by atoms with Gasteiger partial charge in [-0.15, -0.1) is 0 Å². The molecule has 2 fully saturated rings. The van der Waals surface area contributed by atoms with Crippen molar-refractivity contribution >= 4 is 5.91 Å². The van der Waals surface area contributed by atoms with E-state index in [0.29, 0.717) is 24.1 Å². The number of nitrogens with one attached hydrogen (secondary N) is 1. The topological polar surface area (TPSA) is 68.0 Å². The largest absolute Gasteiger partial charge is 0.344 e.